The molecule has 0 aliphatic carbocycles. The minimum Gasteiger partial charge on any atom is -0.349 e. The molecule has 1 rings (SSSR count). The van der Waals surface area contributed by atoms with Gasteiger partial charge in [0.1, 0.15) is 0 Å². The molecule has 0 spiro atoms. The van der Waals surface area contributed by atoms with Gasteiger partial charge in [-0.3, -0.25) is 0 Å². The van der Waals surface area contributed by atoms with E-state index in [9.17, 15) is 4.21 Å². The van der Waals surface area contributed by atoms with E-state index in [0.29, 0.717) is 10.8 Å². The van der Waals surface area contributed by atoms with Crippen molar-refractivity contribution in [3.63, 3.8) is 0 Å². The van der Waals surface area contributed by atoms with Gasteiger partial charge >= 0.3 is 0 Å². The largest absolute Gasteiger partial charge is 0.349 e. The van der Waals surface area contributed by atoms with Crippen LogP contribution in [0.4, 0.5) is 0 Å². The normalized spacial score (nSPS) is 12.3. The number of hydrogen-bond acceptors (Lipinski definition) is 1. The zero-order valence-electron chi connectivity index (χ0n) is 14.1. The van der Waals surface area contributed by atoms with Gasteiger partial charge in [-0.05, 0) is 12.1 Å². The van der Waals surface area contributed by atoms with Crippen LogP contribution in [0.5, 0.6) is 0 Å². The fourth-order valence-electron chi connectivity index (χ4n) is 1.99. The summed E-state index contributed by atoms with van der Waals surface area (Å²) in [6, 6.07) is 8.47. The van der Waals surface area contributed by atoms with E-state index in [1.54, 1.807) is 36.2 Å². The summed E-state index contributed by atoms with van der Waals surface area (Å²) >= 11 is 3.88. The fraction of sp³-hybridized carbons (Fsp3) is 0.500. The van der Waals surface area contributed by atoms with Crippen molar-refractivity contribution in [2.45, 2.75) is 56.8 Å². The number of benzene rings is 1. The SMILES string of the molecule is C=CCC([CH-]Cl)CCCCCCC.O=S(O)c1ccccc1.[Zn]. The Bertz CT molecular complexity index is 401. The molecule has 0 saturated carbocycles. The molecule has 1 aromatic carbocycles. The summed E-state index contributed by atoms with van der Waals surface area (Å²) in [7, 11) is 0. The van der Waals surface area contributed by atoms with E-state index in [-0.39, 0.29) is 19.5 Å². The first-order valence-electron chi connectivity index (χ1n) is 7.86. The molecule has 0 radical (unpaired) electrons. The molecule has 2 nitrogen and oxygen atoms in total. The first kappa shape index (κ1) is 25.2. The summed E-state index contributed by atoms with van der Waals surface area (Å²) in [5.74, 6) is 2.34. The number of halogens is 1. The zero-order chi connectivity index (χ0) is 16.6. The molecule has 128 valence electrons. The molecule has 2 atom stereocenters. The minimum absolute atomic E-state index is 0. The van der Waals surface area contributed by atoms with Crippen molar-refractivity contribution in [3.8, 4) is 0 Å². The predicted molar refractivity (Wildman–Crippen MR) is 97.3 cm³/mol. The average molecular weight is 409 g/mol. The topological polar surface area (TPSA) is 37.3 Å². The molecule has 0 aliphatic rings. The van der Waals surface area contributed by atoms with Crippen LogP contribution in [-0.4, -0.2) is 8.76 Å². The maximum atomic E-state index is 10.3. The Morgan fingerprint density at radius 1 is 1.26 bits per heavy atom. The zero-order valence-corrected chi connectivity index (χ0v) is 18.7. The van der Waals surface area contributed by atoms with Gasteiger partial charge in [0.25, 0.3) is 0 Å². The summed E-state index contributed by atoms with van der Waals surface area (Å²) in [6.45, 7) is 5.97. The number of hydrogen-bond donors (Lipinski definition) is 1. The van der Waals surface area contributed by atoms with Crippen LogP contribution in [0.2, 0.25) is 0 Å². The van der Waals surface area contributed by atoms with Crippen molar-refractivity contribution in [2.24, 2.45) is 5.92 Å². The molecule has 1 aromatic rings. The Morgan fingerprint density at radius 2 is 1.87 bits per heavy atom. The van der Waals surface area contributed by atoms with Crippen LogP contribution in [0.3, 0.4) is 0 Å². The van der Waals surface area contributed by atoms with Crippen LogP contribution >= 0.6 is 11.6 Å². The molecule has 0 saturated heterocycles. The molecule has 0 heterocycles. The molecule has 5 heteroatoms. The molecular weight excluding hydrogens is 381 g/mol. The van der Waals surface area contributed by atoms with Gasteiger partial charge < -0.3 is 16.2 Å². The first-order chi connectivity index (χ1) is 10.7. The molecule has 0 fully saturated rings. The minimum atomic E-state index is -1.83. The molecule has 0 amide bonds. The Hall–Kier alpha value is -0.0166. The molecular formula is C18H28ClO2SZn-. The fourth-order valence-corrected chi connectivity index (χ4v) is 2.61. The van der Waals surface area contributed by atoms with Gasteiger partial charge in [-0.15, -0.1) is 6.58 Å². The molecule has 0 aromatic heterocycles. The number of unbranched alkanes of at least 4 members (excludes halogenated alkanes) is 4. The van der Waals surface area contributed by atoms with Crippen LogP contribution in [0.25, 0.3) is 0 Å². The van der Waals surface area contributed by atoms with Crippen molar-refractivity contribution in [1.29, 1.82) is 0 Å². The van der Waals surface area contributed by atoms with Crippen LogP contribution in [0, 0.1) is 11.8 Å². The second-order valence-electron chi connectivity index (χ2n) is 5.18. The van der Waals surface area contributed by atoms with E-state index in [0.717, 1.165) is 6.42 Å². The van der Waals surface area contributed by atoms with Gasteiger partial charge in [-0.1, -0.05) is 76.1 Å². The Labute approximate surface area is 162 Å². The monoisotopic (exact) mass is 407 g/mol. The number of allylic oxidation sites excluding steroid dienone is 1. The second-order valence-corrected chi connectivity index (χ2v) is 6.40. The van der Waals surface area contributed by atoms with Crippen molar-refractivity contribution in [3.05, 3.63) is 48.9 Å². The van der Waals surface area contributed by atoms with E-state index < -0.39 is 11.1 Å². The molecule has 2 unspecified atom stereocenters. The standard InChI is InChI=1S/C12H22Cl.C6H6O2S.Zn/c1-3-5-6-7-8-10-12(11-13)9-4-2;7-9(8)6-4-2-1-3-5-6;/h4,11-12H,2-3,5-10H2,1H3;1-5H,(H,7,8);/q-1;;. The average Bonchev–Trinajstić information content (AvgIpc) is 2.55. The van der Waals surface area contributed by atoms with Gasteiger partial charge in [0.15, 0.2) is 11.1 Å². The molecule has 1 N–H and O–H groups in total. The van der Waals surface area contributed by atoms with Crippen molar-refractivity contribution in [2.75, 3.05) is 0 Å². The van der Waals surface area contributed by atoms with E-state index in [4.69, 9.17) is 16.2 Å². The van der Waals surface area contributed by atoms with Gasteiger partial charge in [0.05, 0.1) is 4.90 Å². The van der Waals surface area contributed by atoms with Crippen molar-refractivity contribution in [1.82, 2.24) is 0 Å². The third-order valence-electron chi connectivity index (χ3n) is 3.27. The summed E-state index contributed by atoms with van der Waals surface area (Å²) in [4.78, 5) is 0.442. The summed E-state index contributed by atoms with van der Waals surface area (Å²) in [5.41, 5.74) is 0. The van der Waals surface area contributed by atoms with E-state index in [1.807, 2.05) is 6.08 Å². The second kappa shape index (κ2) is 18.3. The predicted octanol–water partition coefficient (Wildman–Crippen LogP) is 6.20. The third-order valence-corrected chi connectivity index (χ3v) is 4.30. The van der Waals surface area contributed by atoms with Crippen LogP contribution in [-0.2, 0) is 30.6 Å². The maximum absolute atomic E-state index is 10.3. The molecule has 23 heavy (non-hydrogen) atoms. The van der Waals surface area contributed by atoms with Gasteiger partial charge in [-0.25, -0.2) is 10.1 Å². The third kappa shape index (κ3) is 15.3. The van der Waals surface area contributed by atoms with Gasteiger partial charge in [-0.2, -0.15) is 5.92 Å². The van der Waals surface area contributed by atoms with Crippen LogP contribution < -0.4 is 0 Å². The first-order valence-corrected chi connectivity index (χ1v) is 9.40. The van der Waals surface area contributed by atoms with E-state index in [2.05, 4.69) is 13.5 Å². The Balaban J connectivity index is 0. The van der Waals surface area contributed by atoms with Crippen LogP contribution in [0.1, 0.15) is 51.9 Å². The van der Waals surface area contributed by atoms with Gasteiger partial charge in [0, 0.05) is 19.5 Å². The summed E-state index contributed by atoms with van der Waals surface area (Å²) < 4.78 is 18.8. The van der Waals surface area contributed by atoms with Crippen molar-refractivity contribution >= 4 is 22.7 Å². The van der Waals surface area contributed by atoms with E-state index in [1.165, 1.54) is 38.5 Å². The Kier molecular flexibility index (Phi) is 20.1. The smallest absolute Gasteiger partial charge is 0.186 e. The van der Waals surface area contributed by atoms with Crippen LogP contribution in [0.15, 0.2) is 47.9 Å². The van der Waals surface area contributed by atoms with Crippen molar-refractivity contribution < 1.29 is 28.2 Å². The Morgan fingerprint density at radius 3 is 2.30 bits per heavy atom. The number of rotatable bonds is 10. The van der Waals surface area contributed by atoms with E-state index >= 15 is 0 Å². The molecule has 0 aliphatic heterocycles. The quantitative estimate of drug-likeness (QED) is 0.164. The maximum Gasteiger partial charge on any atom is 0.186 e. The molecule has 0 bridgehead atoms. The summed E-state index contributed by atoms with van der Waals surface area (Å²) in [5, 5.41) is 0. The summed E-state index contributed by atoms with van der Waals surface area (Å²) in [6.07, 6.45) is 10.9. The van der Waals surface area contributed by atoms with Gasteiger partial charge in [0.2, 0.25) is 0 Å².